The molecule has 0 saturated carbocycles. The van der Waals surface area contributed by atoms with Crippen LogP contribution in [0.2, 0.25) is 0 Å². The number of aromatic nitrogens is 3. The van der Waals surface area contributed by atoms with E-state index in [0.717, 1.165) is 0 Å². The SMILES string of the molecule is Cn1c(=O)c(Oc2ccccc2F)cc2cnc(NC3CCN(S(=O)(=O)c4cccs4)CC3)nc21. The van der Waals surface area contributed by atoms with Crippen molar-refractivity contribution in [1.82, 2.24) is 18.8 Å². The highest BCUT2D eigenvalue weighted by atomic mass is 32.2. The monoisotopic (exact) mass is 515 g/mol. The molecule has 1 saturated heterocycles. The fraction of sp³-hybridized carbons (Fsp3) is 0.261. The summed E-state index contributed by atoms with van der Waals surface area (Å²) in [5.41, 5.74) is -0.0661. The van der Waals surface area contributed by atoms with Crippen LogP contribution in [0.4, 0.5) is 10.3 Å². The molecule has 0 spiro atoms. The van der Waals surface area contributed by atoms with Gasteiger partial charge in [0.05, 0.1) is 0 Å². The number of fused-ring (bicyclic) bond motifs is 1. The molecule has 1 N–H and O–H groups in total. The lowest BCUT2D eigenvalue weighted by Gasteiger charge is -2.31. The number of sulfonamides is 1. The first-order valence-electron chi connectivity index (χ1n) is 10.9. The van der Waals surface area contributed by atoms with Crippen LogP contribution >= 0.6 is 11.3 Å². The third-order valence-corrected chi connectivity index (χ3v) is 9.12. The number of nitrogens with zero attached hydrogens (tertiary/aromatic N) is 4. The number of benzene rings is 1. The van der Waals surface area contributed by atoms with Gasteiger partial charge in [-0.1, -0.05) is 18.2 Å². The first-order chi connectivity index (χ1) is 16.8. The summed E-state index contributed by atoms with van der Waals surface area (Å²) in [7, 11) is -1.91. The number of para-hydroxylation sites is 1. The zero-order valence-corrected chi connectivity index (χ0v) is 20.4. The Morgan fingerprint density at radius 2 is 1.91 bits per heavy atom. The Labute approximate surface area is 204 Å². The summed E-state index contributed by atoms with van der Waals surface area (Å²) in [6.07, 6.45) is 2.76. The maximum absolute atomic E-state index is 14.0. The van der Waals surface area contributed by atoms with Crippen LogP contribution in [0.1, 0.15) is 12.8 Å². The summed E-state index contributed by atoms with van der Waals surface area (Å²) in [6.45, 7) is 0.779. The molecule has 0 amide bonds. The molecule has 0 bridgehead atoms. The van der Waals surface area contributed by atoms with Crippen molar-refractivity contribution in [3.05, 3.63) is 70.2 Å². The summed E-state index contributed by atoms with van der Waals surface area (Å²) in [5.74, 6) is -0.307. The van der Waals surface area contributed by atoms with Crippen LogP contribution in [0.5, 0.6) is 11.5 Å². The first kappa shape index (κ1) is 23.4. The zero-order valence-electron chi connectivity index (χ0n) is 18.7. The molecule has 0 aliphatic carbocycles. The molecule has 3 aromatic heterocycles. The van der Waals surface area contributed by atoms with E-state index in [-0.39, 0.29) is 17.5 Å². The van der Waals surface area contributed by atoms with E-state index in [4.69, 9.17) is 4.74 Å². The molecule has 0 radical (unpaired) electrons. The average molecular weight is 516 g/mol. The number of hydrogen-bond donors (Lipinski definition) is 1. The average Bonchev–Trinajstić information content (AvgIpc) is 3.41. The molecule has 0 unspecified atom stereocenters. The molecule has 4 aromatic rings. The molecule has 0 atom stereocenters. The zero-order chi connectivity index (χ0) is 24.6. The second-order valence-electron chi connectivity index (χ2n) is 8.13. The largest absolute Gasteiger partial charge is 0.448 e. The lowest BCUT2D eigenvalue weighted by atomic mass is 10.1. The predicted octanol–water partition coefficient (Wildman–Crippen LogP) is 3.59. The smallest absolute Gasteiger partial charge is 0.294 e. The van der Waals surface area contributed by atoms with E-state index >= 15 is 0 Å². The standard InChI is InChI=1S/C23H22FN5O4S2/c1-28-21-15(13-19(22(28)30)33-18-6-3-2-5-17(18)24)14-25-23(27-21)26-16-8-10-29(11-9-16)35(31,32)20-7-4-12-34-20/h2-7,12-14,16H,8-11H2,1H3,(H,25,26,27). The van der Waals surface area contributed by atoms with Crippen molar-refractivity contribution in [3.63, 3.8) is 0 Å². The summed E-state index contributed by atoms with van der Waals surface area (Å²) >= 11 is 1.21. The fourth-order valence-electron chi connectivity index (χ4n) is 3.97. The van der Waals surface area contributed by atoms with Gasteiger partial charge in [-0.15, -0.1) is 11.3 Å². The Kier molecular flexibility index (Phi) is 6.26. The fourth-order valence-corrected chi connectivity index (χ4v) is 6.58. The summed E-state index contributed by atoms with van der Waals surface area (Å²) in [4.78, 5) is 21.6. The van der Waals surface area contributed by atoms with Crippen molar-refractivity contribution in [1.29, 1.82) is 0 Å². The van der Waals surface area contributed by atoms with Crippen molar-refractivity contribution < 1.29 is 17.5 Å². The highest BCUT2D eigenvalue weighted by molar-refractivity contribution is 7.91. The van der Waals surface area contributed by atoms with Gasteiger partial charge < -0.3 is 10.1 Å². The predicted molar refractivity (Wildman–Crippen MR) is 131 cm³/mol. The van der Waals surface area contributed by atoms with Crippen LogP contribution in [0.25, 0.3) is 11.0 Å². The second-order valence-corrected chi connectivity index (χ2v) is 11.2. The van der Waals surface area contributed by atoms with E-state index in [1.165, 1.54) is 44.5 Å². The van der Waals surface area contributed by atoms with E-state index < -0.39 is 21.4 Å². The van der Waals surface area contributed by atoms with Crippen LogP contribution in [-0.2, 0) is 17.1 Å². The number of aryl methyl sites for hydroxylation is 1. The molecule has 1 aliphatic rings. The van der Waals surface area contributed by atoms with Gasteiger partial charge in [0.1, 0.15) is 9.86 Å². The minimum absolute atomic E-state index is 0.0112. The Hall–Kier alpha value is -3.35. The van der Waals surface area contributed by atoms with Gasteiger partial charge in [0.25, 0.3) is 15.6 Å². The molecule has 9 nitrogen and oxygen atoms in total. The minimum Gasteiger partial charge on any atom is -0.448 e. The van der Waals surface area contributed by atoms with Crippen LogP contribution in [0.15, 0.2) is 63.0 Å². The van der Waals surface area contributed by atoms with E-state index in [0.29, 0.717) is 47.1 Å². The summed E-state index contributed by atoms with van der Waals surface area (Å²) in [6, 6.07) is 10.7. The quantitative estimate of drug-likeness (QED) is 0.418. The molecular formula is C23H22FN5O4S2. The van der Waals surface area contributed by atoms with Gasteiger partial charge in [0, 0.05) is 37.8 Å². The Morgan fingerprint density at radius 1 is 1.14 bits per heavy atom. The molecule has 1 aliphatic heterocycles. The van der Waals surface area contributed by atoms with Crippen LogP contribution < -0.4 is 15.6 Å². The minimum atomic E-state index is -3.46. The number of nitrogens with one attached hydrogen (secondary N) is 1. The summed E-state index contributed by atoms with van der Waals surface area (Å²) in [5, 5.41) is 5.56. The van der Waals surface area contributed by atoms with Gasteiger partial charge in [0.15, 0.2) is 17.3 Å². The van der Waals surface area contributed by atoms with Crippen LogP contribution in [0, 0.1) is 5.82 Å². The van der Waals surface area contributed by atoms with Gasteiger partial charge in [-0.2, -0.15) is 9.29 Å². The van der Waals surface area contributed by atoms with Gasteiger partial charge in [-0.3, -0.25) is 9.36 Å². The lowest BCUT2D eigenvalue weighted by Crippen LogP contribution is -2.42. The van der Waals surface area contributed by atoms with Crippen molar-refractivity contribution >= 4 is 38.3 Å². The van der Waals surface area contributed by atoms with Crippen molar-refractivity contribution in [3.8, 4) is 11.5 Å². The van der Waals surface area contributed by atoms with E-state index in [1.54, 1.807) is 36.8 Å². The maximum atomic E-state index is 14.0. The second kappa shape index (κ2) is 9.36. The number of anilines is 1. The topological polar surface area (TPSA) is 106 Å². The number of thiophene rings is 1. The third kappa shape index (κ3) is 4.64. The van der Waals surface area contributed by atoms with Gasteiger partial charge >= 0.3 is 0 Å². The highest BCUT2D eigenvalue weighted by Crippen LogP contribution is 2.26. The van der Waals surface area contributed by atoms with E-state index in [1.807, 2.05) is 0 Å². The number of ether oxygens (including phenoxy) is 1. The first-order valence-corrected chi connectivity index (χ1v) is 13.2. The molecule has 1 fully saturated rings. The number of pyridine rings is 1. The molecule has 4 heterocycles. The van der Waals surface area contributed by atoms with Crippen molar-refractivity contribution in [2.24, 2.45) is 7.05 Å². The number of piperidine rings is 1. The Balaban J connectivity index is 1.31. The number of halogens is 1. The molecule has 12 heteroatoms. The van der Waals surface area contributed by atoms with Gasteiger partial charge in [-0.05, 0) is 42.5 Å². The molecular weight excluding hydrogens is 493 g/mol. The summed E-state index contributed by atoms with van der Waals surface area (Å²) < 4.78 is 48.1. The highest BCUT2D eigenvalue weighted by Gasteiger charge is 2.30. The van der Waals surface area contributed by atoms with E-state index in [2.05, 4.69) is 15.3 Å². The van der Waals surface area contributed by atoms with Crippen LogP contribution in [-0.4, -0.2) is 46.4 Å². The Bertz CT molecular complexity index is 1530. The van der Waals surface area contributed by atoms with E-state index in [9.17, 15) is 17.6 Å². The molecule has 1 aromatic carbocycles. The number of hydrogen-bond acceptors (Lipinski definition) is 8. The van der Waals surface area contributed by atoms with Crippen LogP contribution in [0.3, 0.4) is 0 Å². The van der Waals surface area contributed by atoms with Crippen molar-refractivity contribution in [2.75, 3.05) is 18.4 Å². The number of rotatable bonds is 6. The third-order valence-electron chi connectivity index (χ3n) is 5.85. The molecule has 182 valence electrons. The maximum Gasteiger partial charge on any atom is 0.294 e. The van der Waals surface area contributed by atoms with Crippen molar-refractivity contribution in [2.45, 2.75) is 23.1 Å². The van der Waals surface area contributed by atoms with Gasteiger partial charge in [0.2, 0.25) is 5.95 Å². The lowest BCUT2D eigenvalue weighted by molar-refractivity contribution is 0.330. The molecule has 35 heavy (non-hydrogen) atoms. The molecule has 5 rings (SSSR count). The van der Waals surface area contributed by atoms with Gasteiger partial charge in [-0.25, -0.2) is 17.8 Å². The normalized spacial score (nSPS) is 15.4. The Morgan fingerprint density at radius 3 is 2.63 bits per heavy atom.